The van der Waals surface area contributed by atoms with Crippen molar-refractivity contribution in [2.45, 2.75) is 13.5 Å². The van der Waals surface area contributed by atoms with Crippen LogP contribution in [0.2, 0.25) is 10.0 Å². The average molecular weight is 360 g/mol. The molecule has 0 bridgehead atoms. The van der Waals surface area contributed by atoms with Gasteiger partial charge in [-0.3, -0.25) is 4.79 Å². The van der Waals surface area contributed by atoms with Crippen LogP contribution in [0.3, 0.4) is 0 Å². The number of fused-ring (bicyclic) bond motifs is 1. The molecule has 0 radical (unpaired) electrons. The van der Waals surface area contributed by atoms with Crippen molar-refractivity contribution >= 4 is 40.8 Å². The summed E-state index contributed by atoms with van der Waals surface area (Å²) < 4.78 is 1.99. The van der Waals surface area contributed by atoms with E-state index in [0.29, 0.717) is 16.6 Å². The summed E-state index contributed by atoms with van der Waals surface area (Å²) in [6.07, 6.45) is 5.02. The van der Waals surface area contributed by atoms with Gasteiger partial charge in [-0.2, -0.15) is 0 Å². The van der Waals surface area contributed by atoms with Gasteiger partial charge in [0.15, 0.2) is 0 Å². The number of carbonyl (C=O) groups is 1. The number of carbonyl (C=O) groups excluding carboxylic acids is 1. The van der Waals surface area contributed by atoms with E-state index in [2.05, 4.69) is 10.3 Å². The Labute approximate surface area is 149 Å². The lowest BCUT2D eigenvalue weighted by Gasteiger charge is -2.00. The quantitative estimate of drug-likeness (QED) is 0.706. The molecule has 24 heavy (non-hydrogen) atoms. The van der Waals surface area contributed by atoms with Gasteiger partial charge in [0.1, 0.15) is 5.65 Å². The number of aryl methyl sites for hydroxylation is 1. The average Bonchev–Trinajstić information content (AvgIpc) is 2.97. The zero-order chi connectivity index (χ0) is 17.1. The third-order valence-electron chi connectivity index (χ3n) is 3.57. The van der Waals surface area contributed by atoms with Crippen molar-refractivity contribution in [3.8, 4) is 0 Å². The number of amides is 1. The fraction of sp³-hybridized carbons (Fsp3) is 0.111. The molecule has 0 atom stereocenters. The molecule has 3 aromatic rings. The van der Waals surface area contributed by atoms with Crippen LogP contribution in [0.15, 0.2) is 48.7 Å². The minimum absolute atomic E-state index is 0.213. The molecule has 0 fully saturated rings. The molecule has 3 rings (SSSR count). The van der Waals surface area contributed by atoms with Crippen molar-refractivity contribution in [2.75, 3.05) is 0 Å². The fourth-order valence-electron chi connectivity index (χ4n) is 2.32. The summed E-state index contributed by atoms with van der Waals surface area (Å²) in [5.41, 5.74) is 3.49. The van der Waals surface area contributed by atoms with Crippen LogP contribution in [0.1, 0.15) is 17.0 Å². The Morgan fingerprint density at radius 2 is 2.12 bits per heavy atom. The third kappa shape index (κ3) is 3.78. The summed E-state index contributed by atoms with van der Waals surface area (Å²) >= 11 is 11.9. The summed E-state index contributed by atoms with van der Waals surface area (Å²) in [7, 11) is 0. The van der Waals surface area contributed by atoms with E-state index in [0.717, 1.165) is 22.6 Å². The number of nitrogens with zero attached hydrogens (tertiary/aromatic N) is 2. The second-order valence-corrected chi connectivity index (χ2v) is 6.19. The van der Waals surface area contributed by atoms with Crippen LogP contribution >= 0.6 is 23.2 Å². The largest absolute Gasteiger partial charge is 0.347 e. The van der Waals surface area contributed by atoms with E-state index < -0.39 is 0 Å². The molecule has 1 amide bonds. The SMILES string of the molecule is Cc1cccc2nc(CNC(=O)/C=C/c3ccc(Cl)cc3Cl)cn12. The first-order chi connectivity index (χ1) is 11.5. The first-order valence-corrected chi connectivity index (χ1v) is 8.13. The molecule has 2 heterocycles. The highest BCUT2D eigenvalue weighted by Crippen LogP contribution is 2.21. The van der Waals surface area contributed by atoms with Crippen LogP contribution in [-0.4, -0.2) is 15.3 Å². The van der Waals surface area contributed by atoms with Gasteiger partial charge in [0, 0.05) is 28.0 Å². The number of nitrogens with one attached hydrogen (secondary N) is 1. The van der Waals surface area contributed by atoms with Gasteiger partial charge in [-0.1, -0.05) is 35.3 Å². The van der Waals surface area contributed by atoms with Crippen molar-refractivity contribution in [2.24, 2.45) is 0 Å². The van der Waals surface area contributed by atoms with E-state index >= 15 is 0 Å². The van der Waals surface area contributed by atoms with Crippen LogP contribution in [0, 0.1) is 6.92 Å². The number of pyridine rings is 1. The van der Waals surface area contributed by atoms with Crippen LogP contribution in [0.4, 0.5) is 0 Å². The fourth-order valence-corrected chi connectivity index (χ4v) is 2.79. The van der Waals surface area contributed by atoms with Crippen LogP contribution < -0.4 is 5.32 Å². The van der Waals surface area contributed by atoms with Crippen molar-refractivity contribution in [3.63, 3.8) is 0 Å². The minimum atomic E-state index is -0.213. The van der Waals surface area contributed by atoms with Gasteiger partial charge in [-0.05, 0) is 42.8 Å². The summed E-state index contributed by atoms with van der Waals surface area (Å²) in [6, 6.07) is 11.0. The molecular weight excluding hydrogens is 345 g/mol. The lowest BCUT2D eigenvalue weighted by Crippen LogP contribution is -2.20. The Balaban J connectivity index is 1.64. The first-order valence-electron chi connectivity index (χ1n) is 7.37. The van der Waals surface area contributed by atoms with Crippen molar-refractivity contribution < 1.29 is 4.79 Å². The number of hydrogen-bond acceptors (Lipinski definition) is 2. The predicted molar refractivity (Wildman–Crippen MR) is 97.3 cm³/mol. The molecule has 0 spiro atoms. The number of aromatic nitrogens is 2. The van der Waals surface area contributed by atoms with E-state index in [1.165, 1.54) is 6.08 Å². The first kappa shape index (κ1) is 16.6. The van der Waals surface area contributed by atoms with Crippen LogP contribution in [0.25, 0.3) is 11.7 Å². The molecule has 1 N–H and O–H groups in total. The van der Waals surface area contributed by atoms with E-state index in [9.17, 15) is 4.79 Å². The lowest BCUT2D eigenvalue weighted by molar-refractivity contribution is -0.116. The molecule has 0 unspecified atom stereocenters. The Hall–Kier alpha value is -2.30. The molecular formula is C18H15Cl2N3O. The zero-order valence-electron chi connectivity index (χ0n) is 13.0. The van der Waals surface area contributed by atoms with E-state index in [4.69, 9.17) is 23.2 Å². The van der Waals surface area contributed by atoms with E-state index in [1.54, 1.807) is 24.3 Å². The molecule has 0 aliphatic heterocycles. The van der Waals surface area contributed by atoms with Crippen molar-refractivity contribution in [1.82, 2.24) is 14.7 Å². The maximum Gasteiger partial charge on any atom is 0.244 e. The molecule has 4 nitrogen and oxygen atoms in total. The smallest absolute Gasteiger partial charge is 0.244 e. The number of benzene rings is 1. The Morgan fingerprint density at radius 3 is 2.88 bits per heavy atom. The van der Waals surface area contributed by atoms with Crippen molar-refractivity contribution in [1.29, 1.82) is 0 Å². The highest BCUT2D eigenvalue weighted by atomic mass is 35.5. The maximum atomic E-state index is 11.9. The summed E-state index contributed by atoms with van der Waals surface area (Å²) in [5, 5.41) is 3.87. The Kier molecular flexibility index (Phi) is 4.88. The van der Waals surface area contributed by atoms with Crippen LogP contribution in [-0.2, 0) is 11.3 Å². The van der Waals surface area contributed by atoms with Gasteiger partial charge in [0.25, 0.3) is 0 Å². The zero-order valence-corrected chi connectivity index (χ0v) is 14.5. The maximum absolute atomic E-state index is 11.9. The van der Waals surface area contributed by atoms with Gasteiger partial charge in [0.2, 0.25) is 5.91 Å². The third-order valence-corrected chi connectivity index (χ3v) is 4.13. The van der Waals surface area contributed by atoms with E-state index in [-0.39, 0.29) is 5.91 Å². The monoisotopic (exact) mass is 359 g/mol. The summed E-state index contributed by atoms with van der Waals surface area (Å²) in [5.74, 6) is -0.213. The second-order valence-electron chi connectivity index (χ2n) is 5.34. The molecule has 0 saturated heterocycles. The molecule has 0 aliphatic rings. The molecule has 1 aromatic carbocycles. The number of halogens is 2. The van der Waals surface area contributed by atoms with Crippen molar-refractivity contribution in [3.05, 3.63) is 75.7 Å². The second kappa shape index (κ2) is 7.07. The Morgan fingerprint density at radius 1 is 1.29 bits per heavy atom. The number of hydrogen-bond donors (Lipinski definition) is 1. The van der Waals surface area contributed by atoms with Gasteiger partial charge in [-0.15, -0.1) is 0 Å². The van der Waals surface area contributed by atoms with Gasteiger partial charge in [-0.25, -0.2) is 4.98 Å². The predicted octanol–water partition coefficient (Wildman–Crippen LogP) is 4.28. The van der Waals surface area contributed by atoms with Gasteiger partial charge >= 0.3 is 0 Å². The molecule has 122 valence electrons. The summed E-state index contributed by atoms with van der Waals surface area (Å²) in [6.45, 7) is 2.37. The number of rotatable bonds is 4. The molecule has 0 saturated carbocycles. The topological polar surface area (TPSA) is 46.4 Å². The summed E-state index contributed by atoms with van der Waals surface area (Å²) in [4.78, 5) is 16.4. The van der Waals surface area contributed by atoms with Gasteiger partial charge in [0.05, 0.1) is 12.2 Å². The standard InChI is InChI=1S/C18H15Cl2N3O/c1-12-3-2-4-17-22-15(11-23(12)17)10-21-18(24)8-6-13-5-7-14(19)9-16(13)20/h2-9,11H,10H2,1H3,(H,21,24)/b8-6+. The normalized spacial score (nSPS) is 11.3. The number of imidazole rings is 1. The molecule has 0 aliphatic carbocycles. The Bertz CT molecular complexity index is 931. The van der Waals surface area contributed by atoms with Gasteiger partial charge < -0.3 is 9.72 Å². The minimum Gasteiger partial charge on any atom is -0.347 e. The van der Waals surface area contributed by atoms with Crippen LogP contribution in [0.5, 0.6) is 0 Å². The van der Waals surface area contributed by atoms with E-state index in [1.807, 2.05) is 35.7 Å². The highest BCUT2D eigenvalue weighted by Gasteiger charge is 2.04. The molecule has 6 heteroatoms. The highest BCUT2D eigenvalue weighted by molar-refractivity contribution is 6.35. The lowest BCUT2D eigenvalue weighted by atomic mass is 10.2. The molecule has 2 aromatic heterocycles.